The number of H-pyrrole nitrogens is 1. The van der Waals surface area contributed by atoms with Crippen LogP contribution in [-0.2, 0) is 9.53 Å². The van der Waals surface area contributed by atoms with Gasteiger partial charge in [0.2, 0.25) is 5.95 Å². The van der Waals surface area contributed by atoms with E-state index in [1.54, 1.807) is 6.20 Å². The molecule has 0 spiro atoms. The molecule has 1 saturated heterocycles. The van der Waals surface area contributed by atoms with E-state index >= 15 is 0 Å². The van der Waals surface area contributed by atoms with E-state index in [1.807, 2.05) is 11.0 Å². The van der Waals surface area contributed by atoms with Crippen LogP contribution in [0.4, 0.5) is 17.6 Å². The number of aromatic nitrogens is 4. The first-order chi connectivity index (χ1) is 13.2. The van der Waals surface area contributed by atoms with E-state index < -0.39 is 0 Å². The first kappa shape index (κ1) is 17.3. The molecule has 2 aliphatic rings. The second-order valence-corrected chi connectivity index (χ2v) is 6.91. The normalized spacial score (nSPS) is 19.4. The number of anilines is 3. The summed E-state index contributed by atoms with van der Waals surface area (Å²) in [6, 6.07) is 1.61. The lowest BCUT2D eigenvalue weighted by molar-refractivity contribution is -0.142. The monoisotopic (exact) mass is 368 g/mol. The number of ether oxygens (including phenoxy) is 1. The van der Waals surface area contributed by atoms with Crippen LogP contribution in [0, 0.1) is 12.3 Å². The van der Waals surface area contributed by atoms with Crippen molar-refractivity contribution in [3.8, 4) is 12.3 Å². The van der Waals surface area contributed by atoms with Gasteiger partial charge in [-0.15, -0.1) is 6.42 Å². The number of carbonyl (C=O) groups is 1. The SMILES string of the molecule is C#Cc1cnc(N2CCCCC2C(=O)OC)nc1Nc1cc(C2CC2)[nH]n1.[HH]. The highest BCUT2D eigenvalue weighted by Gasteiger charge is 2.31. The minimum atomic E-state index is -0.375. The van der Waals surface area contributed by atoms with Crippen molar-refractivity contribution < 1.29 is 11.0 Å². The molecule has 0 amide bonds. The fourth-order valence-electron chi connectivity index (χ4n) is 3.39. The molecule has 0 aromatic carbocycles. The Hall–Kier alpha value is -3.08. The zero-order valence-corrected chi connectivity index (χ0v) is 15.2. The Morgan fingerprint density at radius 2 is 2.30 bits per heavy atom. The number of piperidine rings is 1. The highest BCUT2D eigenvalue weighted by atomic mass is 16.5. The molecule has 8 heteroatoms. The van der Waals surface area contributed by atoms with Gasteiger partial charge in [0.1, 0.15) is 6.04 Å². The zero-order valence-electron chi connectivity index (χ0n) is 15.2. The van der Waals surface area contributed by atoms with E-state index in [-0.39, 0.29) is 13.4 Å². The van der Waals surface area contributed by atoms with Gasteiger partial charge in [-0.3, -0.25) is 5.10 Å². The second-order valence-electron chi connectivity index (χ2n) is 6.91. The van der Waals surface area contributed by atoms with Gasteiger partial charge < -0.3 is 15.0 Å². The molecule has 4 rings (SSSR count). The fourth-order valence-corrected chi connectivity index (χ4v) is 3.39. The van der Waals surface area contributed by atoms with Crippen LogP contribution in [0.2, 0.25) is 0 Å². The van der Waals surface area contributed by atoms with E-state index in [9.17, 15) is 4.79 Å². The van der Waals surface area contributed by atoms with Crippen LogP contribution in [0.25, 0.3) is 0 Å². The van der Waals surface area contributed by atoms with Crippen LogP contribution in [0.15, 0.2) is 12.3 Å². The lowest BCUT2D eigenvalue weighted by Gasteiger charge is -2.33. The average molecular weight is 368 g/mol. The number of rotatable bonds is 5. The minimum absolute atomic E-state index is 0. The fraction of sp³-hybridized carbons (Fsp3) is 0.474. The predicted octanol–water partition coefficient (Wildman–Crippen LogP) is 2.58. The molecule has 1 aliphatic heterocycles. The molecule has 2 N–H and O–H groups in total. The molecule has 27 heavy (non-hydrogen) atoms. The predicted molar refractivity (Wildman–Crippen MR) is 103 cm³/mol. The Bertz CT molecular complexity index is 889. The van der Waals surface area contributed by atoms with E-state index in [1.165, 1.54) is 20.0 Å². The molecule has 1 atom stereocenters. The number of nitrogens with zero attached hydrogens (tertiary/aromatic N) is 4. The van der Waals surface area contributed by atoms with Gasteiger partial charge in [-0.25, -0.2) is 9.78 Å². The lowest BCUT2D eigenvalue weighted by atomic mass is 10.0. The summed E-state index contributed by atoms with van der Waals surface area (Å²) in [6.45, 7) is 0.697. The standard InChI is InChI=1S/C19H22N6O2.H2/c1-3-12-11-20-19(25-9-5-4-6-15(25)18(26)27-2)22-17(12)21-16-10-14(23-24-16)13-7-8-13;/h1,10-11,13,15H,4-9H2,2H3,(H2,20,21,22,23,24);1H. The molecule has 3 heterocycles. The maximum atomic E-state index is 12.1. The van der Waals surface area contributed by atoms with Crippen LogP contribution in [0.1, 0.15) is 50.7 Å². The molecule has 0 bridgehead atoms. The molecule has 2 aromatic heterocycles. The molecule has 2 aromatic rings. The molecule has 142 valence electrons. The van der Waals surface area contributed by atoms with Crippen molar-refractivity contribution in [2.75, 3.05) is 23.9 Å². The Morgan fingerprint density at radius 1 is 1.44 bits per heavy atom. The summed E-state index contributed by atoms with van der Waals surface area (Å²) < 4.78 is 4.95. The van der Waals surface area contributed by atoms with E-state index in [0.717, 1.165) is 25.0 Å². The summed E-state index contributed by atoms with van der Waals surface area (Å²) in [5.74, 6) is 4.54. The van der Waals surface area contributed by atoms with Gasteiger partial charge in [0.25, 0.3) is 0 Å². The summed E-state index contributed by atoms with van der Waals surface area (Å²) in [5, 5.41) is 10.5. The van der Waals surface area contributed by atoms with Gasteiger partial charge in [-0.2, -0.15) is 10.1 Å². The summed E-state index contributed by atoms with van der Waals surface area (Å²) in [7, 11) is 1.40. The van der Waals surface area contributed by atoms with Gasteiger partial charge in [-0.05, 0) is 32.1 Å². The molecule has 8 nitrogen and oxygen atoms in total. The second kappa shape index (κ2) is 7.27. The number of esters is 1. The third kappa shape index (κ3) is 3.58. The van der Waals surface area contributed by atoms with Crippen LogP contribution in [-0.4, -0.2) is 45.8 Å². The van der Waals surface area contributed by atoms with Crippen molar-refractivity contribution in [1.82, 2.24) is 20.2 Å². The summed E-state index contributed by atoms with van der Waals surface area (Å²) in [5.41, 5.74) is 1.66. The first-order valence-electron chi connectivity index (χ1n) is 9.20. The topological polar surface area (TPSA) is 96.0 Å². The van der Waals surface area contributed by atoms with Crippen molar-refractivity contribution in [3.63, 3.8) is 0 Å². The highest BCUT2D eigenvalue weighted by molar-refractivity contribution is 5.79. The van der Waals surface area contributed by atoms with Gasteiger partial charge in [0.15, 0.2) is 11.6 Å². The minimum Gasteiger partial charge on any atom is -0.467 e. The number of methoxy groups -OCH3 is 1. The first-order valence-corrected chi connectivity index (χ1v) is 9.20. The Kier molecular flexibility index (Phi) is 4.67. The van der Waals surface area contributed by atoms with Crippen LogP contribution in [0.5, 0.6) is 0 Å². The van der Waals surface area contributed by atoms with Crippen molar-refractivity contribution in [2.24, 2.45) is 0 Å². The maximum Gasteiger partial charge on any atom is 0.328 e. The molecule has 1 aliphatic carbocycles. The third-order valence-corrected chi connectivity index (χ3v) is 5.03. The van der Waals surface area contributed by atoms with E-state index in [0.29, 0.717) is 35.6 Å². The molecular weight excluding hydrogens is 344 g/mol. The van der Waals surface area contributed by atoms with Gasteiger partial charge in [0.05, 0.1) is 18.9 Å². The maximum absolute atomic E-state index is 12.1. The third-order valence-electron chi connectivity index (χ3n) is 5.03. The Balaban J connectivity index is 0.00000225. The average Bonchev–Trinajstić information content (AvgIpc) is 3.46. The van der Waals surface area contributed by atoms with Crippen molar-refractivity contribution in [2.45, 2.75) is 44.1 Å². The number of hydrogen-bond acceptors (Lipinski definition) is 7. The molecule has 2 fully saturated rings. The molecule has 1 unspecified atom stereocenters. The van der Waals surface area contributed by atoms with Crippen LogP contribution < -0.4 is 10.2 Å². The van der Waals surface area contributed by atoms with Gasteiger partial charge in [0, 0.05) is 25.6 Å². The number of hydrogen-bond donors (Lipinski definition) is 2. The lowest BCUT2D eigenvalue weighted by Crippen LogP contribution is -2.46. The van der Waals surface area contributed by atoms with Crippen LogP contribution in [0.3, 0.4) is 0 Å². The van der Waals surface area contributed by atoms with Gasteiger partial charge >= 0.3 is 5.97 Å². The molecular formula is C19H24N6O2. The summed E-state index contributed by atoms with van der Waals surface area (Å²) >= 11 is 0. The number of terminal acetylenes is 1. The smallest absolute Gasteiger partial charge is 0.328 e. The molecule has 1 saturated carbocycles. The van der Waals surface area contributed by atoms with E-state index in [2.05, 4.69) is 31.4 Å². The summed E-state index contributed by atoms with van der Waals surface area (Å²) in [4.78, 5) is 23.0. The number of aromatic amines is 1. The summed E-state index contributed by atoms with van der Waals surface area (Å²) in [6.07, 6.45) is 12.3. The molecule has 0 radical (unpaired) electrons. The number of carbonyl (C=O) groups excluding carboxylic acids is 1. The zero-order chi connectivity index (χ0) is 18.8. The Labute approximate surface area is 159 Å². The van der Waals surface area contributed by atoms with Crippen molar-refractivity contribution >= 4 is 23.6 Å². The number of nitrogens with one attached hydrogen (secondary N) is 2. The Morgan fingerprint density at radius 3 is 3.04 bits per heavy atom. The van der Waals surface area contributed by atoms with Gasteiger partial charge in [-0.1, -0.05) is 5.92 Å². The highest BCUT2D eigenvalue weighted by Crippen LogP contribution is 2.39. The van der Waals surface area contributed by atoms with Crippen LogP contribution >= 0.6 is 0 Å². The van der Waals surface area contributed by atoms with E-state index in [4.69, 9.17) is 11.2 Å². The largest absolute Gasteiger partial charge is 0.467 e. The van der Waals surface area contributed by atoms with Crippen molar-refractivity contribution in [1.29, 1.82) is 0 Å². The van der Waals surface area contributed by atoms with Crippen molar-refractivity contribution in [3.05, 3.63) is 23.5 Å². The quantitative estimate of drug-likeness (QED) is 0.618.